The summed E-state index contributed by atoms with van der Waals surface area (Å²) in [6, 6.07) is 9.60. The van der Waals surface area contributed by atoms with Crippen molar-refractivity contribution in [1.29, 1.82) is 0 Å². The number of methoxy groups -OCH3 is 2. The van der Waals surface area contributed by atoms with Gasteiger partial charge in [-0.25, -0.2) is 4.98 Å². The van der Waals surface area contributed by atoms with Crippen LogP contribution in [0.2, 0.25) is 0 Å². The van der Waals surface area contributed by atoms with Crippen LogP contribution in [-0.4, -0.2) is 30.2 Å². The number of anilines is 1. The number of H-pyrrole nitrogens is 1. The van der Waals surface area contributed by atoms with Crippen LogP contribution in [0.3, 0.4) is 0 Å². The molecule has 3 rings (SSSR count). The molecule has 3 aromatic rings. The van der Waals surface area contributed by atoms with Crippen molar-refractivity contribution in [2.45, 2.75) is 25.2 Å². The smallest absolute Gasteiger partial charge is 0.416 e. The molecule has 1 heterocycles. The summed E-state index contributed by atoms with van der Waals surface area (Å²) in [6.07, 6.45) is -4.65. The Morgan fingerprint density at radius 1 is 1.21 bits per heavy atom. The largest absolute Gasteiger partial charge is 0.469 e. The second-order valence-electron chi connectivity index (χ2n) is 6.43. The van der Waals surface area contributed by atoms with E-state index in [0.29, 0.717) is 23.6 Å². The molecular weight excluding hydrogens is 387 g/mol. The number of aromatic nitrogens is 2. The van der Waals surface area contributed by atoms with Crippen molar-refractivity contribution in [2.75, 3.05) is 19.5 Å². The molecule has 1 atom stereocenters. The molecule has 9 heteroatoms. The molecule has 1 unspecified atom stereocenters. The number of carbonyl (C=O) groups is 1. The summed E-state index contributed by atoms with van der Waals surface area (Å²) in [5, 5.41) is 3.02. The van der Waals surface area contributed by atoms with Crippen molar-refractivity contribution >= 4 is 23.0 Å². The van der Waals surface area contributed by atoms with Gasteiger partial charge >= 0.3 is 12.1 Å². The fraction of sp³-hybridized carbons (Fsp3) is 0.300. The predicted octanol–water partition coefficient (Wildman–Crippen LogP) is 4.44. The zero-order valence-electron chi connectivity index (χ0n) is 15.8. The molecule has 6 nitrogen and oxygen atoms in total. The Morgan fingerprint density at radius 2 is 1.97 bits per heavy atom. The summed E-state index contributed by atoms with van der Waals surface area (Å²) >= 11 is 0. The van der Waals surface area contributed by atoms with Gasteiger partial charge in [0, 0.05) is 12.7 Å². The molecule has 29 heavy (non-hydrogen) atoms. The number of hydrogen-bond donors (Lipinski definition) is 2. The molecule has 0 fully saturated rings. The van der Waals surface area contributed by atoms with E-state index in [9.17, 15) is 18.0 Å². The van der Waals surface area contributed by atoms with Gasteiger partial charge in [-0.2, -0.15) is 13.2 Å². The van der Waals surface area contributed by atoms with Gasteiger partial charge in [0.15, 0.2) is 0 Å². The van der Waals surface area contributed by atoms with Gasteiger partial charge in [-0.15, -0.1) is 0 Å². The zero-order valence-corrected chi connectivity index (χ0v) is 15.8. The molecule has 0 aliphatic carbocycles. The molecule has 0 saturated carbocycles. The maximum atomic E-state index is 13.1. The van der Waals surface area contributed by atoms with Crippen LogP contribution in [0.1, 0.15) is 29.2 Å². The Labute approximate surface area is 165 Å². The highest BCUT2D eigenvalue weighted by molar-refractivity contribution is 5.81. The number of ether oxygens (including phenoxy) is 2. The maximum Gasteiger partial charge on any atom is 0.416 e. The van der Waals surface area contributed by atoms with E-state index in [1.54, 1.807) is 7.11 Å². The molecule has 0 radical (unpaired) electrons. The lowest BCUT2D eigenvalue weighted by atomic mass is 10.0. The van der Waals surface area contributed by atoms with Crippen molar-refractivity contribution in [3.8, 4) is 0 Å². The Hall–Kier alpha value is -3.07. The minimum absolute atomic E-state index is 0.167. The van der Waals surface area contributed by atoms with Gasteiger partial charge in [0.2, 0.25) is 5.95 Å². The Balaban J connectivity index is 1.95. The van der Waals surface area contributed by atoms with E-state index in [-0.39, 0.29) is 6.42 Å². The fourth-order valence-electron chi connectivity index (χ4n) is 3.03. The molecular formula is C20H20F3N3O3. The van der Waals surface area contributed by atoms with Crippen LogP contribution < -0.4 is 5.32 Å². The van der Waals surface area contributed by atoms with Gasteiger partial charge < -0.3 is 19.8 Å². The molecule has 0 amide bonds. The molecule has 0 aliphatic heterocycles. The van der Waals surface area contributed by atoms with E-state index in [1.807, 2.05) is 18.2 Å². The van der Waals surface area contributed by atoms with Gasteiger partial charge in [0.05, 0.1) is 42.8 Å². The van der Waals surface area contributed by atoms with E-state index < -0.39 is 23.8 Å². The van der Waals surface area contributed by atoms with Crippen LogP contribution in [0, 0.1) is 0 Å². The highest BCUT2D eigenvalue weighted by Crippen LogP contribution is 2.32. The lowest BCUT2D eigenvalue weighted by molar-refractivity contribution is -0.140. The van der Waals surface area contributed by atoms with Gasteiger partial charge in [-0.1, -0.05) is 24.3 Å². The van der Waals surface area contributed by atoms with Crippen LogP contribution in [0.4, 0.5) is 19.1 Å². The number of nitrogens with one attached hydrogen (secondary N) is 2. The average Bonchev–Trinajstić information content (AvgIpc) is 3.10. The number of esters is 1. The molecule has 0 spiro atoms. The first-order chi connectivity index (χ1) is 13.8. The van der Waals surface area contributed by atoms with Crippen LogP contribution in [0.25, 0.3) is 11.0 Å². The van der Waals surface area contributed by atoms with Crippen LogP contribution in [0.5, 0.6) is 0 Å². The summed E-state index contributed by atoms with van der Waals surface area (Å²) in [5.41, 5.74) is 1.78. The first kappa shape index (κ1) is 20.7. The summed E-state index contributed by atoms with van der Waals surface area (Å²) < 4.78 is 49.2. The predicted molar refractivity (Wildman–Crippen MR) is 101 cm³/mol. The number of carbonyl (C=O) groups excluding carboxylic acids is 1. The fourth-order valence-corrected chi connectivity index (χ4v) is 3.03. The highest BCUT2D eigenvalue weighted by atomic mass is 19.4. The maximum absolute atomic E-state index is 13.1. The lowest BCUT2D eigenvalue weighted by Gasteiger charge is -2.19. The molecule has 2 N–H and O–H groups in total. The molecule has 1 aromatic heterocycles. The number of alkyl halides is 3. The summed E-state index contributed by atoms with van der Waals surface area (Å²) in [6.45, 7) is 0.362. The van der Waals surface area contributed by atoms with Crippen molar-refractivity contribution in [2.24, 2.45) is 0 Å². The van der Waals surface area contributed by atoms with Crippen molar-refractivity contribution in [3.05, 3.63) is 59.2 Å². The number of para-hydroxylation sites is 1. The summed E-state index contributed by atoms with van der Waals surface area (Å²) in [7, 11) is 2.80. The second kappa shape index (κ2) is 8.52. The quantitative estimate of drug-likeness (QED) is 0.566. The number of imidazole rings is 1. The monoisotopic (exact) mass is 407 g/mol. The molecule has 154 valence electrons. The SMILES string of the molecule is COCc1cccc2[nH]c(NC(CC(=O)OC)c3cccc(C(F)(F)F)c3)nc12. The van der Waals surface area contributed by atoms with Gasteiger partial charge in [0.25, 0.3) is 0 Å². The number of benzene rings is 2. The molecule has 0 bridgehead atoms. The third kappa shape index (κ3) is 4.86. The van der Waals surface area contributed by atoms with Gasteiger partial charge in [0.1, 0.15) is 0 Å². The number of fused-ring (bicyclic) bond motifs is 1. The molecule has 2 aromatic carbocycles. The van der Waals surface area contributed by atoms with Crippen LogP contribution in [-0.2, 0) is 27.1 Å². The van der Waals surface area contributed by atoms with E-state index in [2.05, 4.69) is 15.3 Å². The topological polar surface area (TPSA) is 76.2 Å². The minimum Gasteiger partial charge on any atom is -0.469 e. The Bertz CT molecular complexity index is 1000. The number of nitrogens with zero attached hydrogens (tertiary/aromatic N) is 1. The highest BCUT2D eigenvalue weighted by Gasteiger charge is 2.31. The zero-order chi connectivity index (χ0) is 21.0. The second-order valence-corrected chi connectivity index (χ2v) is 6.43. The van der Waals surface area contributed by atoms with Crippen molar-refractivity contribution < 1.29 is 27.4 Å². The standard InChI is InChI=1S/C20H20F3N3O3/c1-28-11-13-6-4-8-15-18(13)26-19(24-15)25-16(10-17(27)29-2)12-5-3-7-14(9-12)20(21,22)23/h3-9,16H,10-11H2,1-2H3,(H2,24,25,26). The first-order valence-electron chi connectivity index (χ1n) is 8.79. The van der Waals surface area contributed by atoms with Crippen molar-refractivity contribution in [3.63, 3.8) is 0 Å². The van der Waals surface area contributed by atoms with Gasteiger partial charge in [-0.05, 0) is 23.8 Å². The van der Waals surface area contributed by atoms with E-state index in [4.69, 9.17) is 9.47 Å². The van der Waals surface area contributed by atoms with Crippen LogP contribution >= 0.6 is 0 Å². The molecule has 0 aliphatic rings. The third-order valence-corrected chi connectivity index (χ3v) is 4.42. The minimum atomic E-state index is -4.49. The van der Waals surface area contributed by atoms with Gasteiger partial charge in [-0.3, -0.25) is 4.79 Å². The van der Waals surface area contributed by atoms with Crippen LogP contribution in [0.15, 0.2) is 42.5 Å². The van der Waals surface area contributed by atoms with Crippen molar-refractivity contribution in [1.82, 2.24) is 9.97 Å². The summed E-state index contributed by atoms with van der Waals surface area (Å²) in [5.74, 6) is -0.231. The number of hydrogen-bond acceptors (Lipinski definition) is 5. The number of halogens is 3. The van der Waals surface area contributed by atoms with E-state index in [0.717, 1.165) is 23.2 Å². The Morgan fingerprint density at radius 3 is 2.66 bits per heavy atom. The molecule has 0 saturated heterocycles. The normalized spacial score (nSPS) is 12.7. The van der Waals surface area contributed by atoms with E-state index >= 15 is 0 Å². The third-order valence-electron chi connectivity index (χ3n) is 4.42. The Kier molecular flexibility index (Phi) is 6.07. The summed E-state index contributed by atoms with van der Waals surface area (Å²) in [4.78, 5) is 19.4. The first-order valence-corrected chi connectivity index (χ1v) is 8.79. The van der Waals surface area contributed by atoms with E-state index in [1.165, 1.54) is 19.2 Å². The lowest BCUT2D eigenvalue weighted by Crippen LogP contribution is -2.18. The number of aromatic amines is 1. The number of rotatable bonds is 7. The average molecular weight is 407 g/mol.